The van der Waals surface area contributed by atoms with Gasteiger partial charge in [0.15, 0.2) is 0 Å². The summed E-state index contributed by atoms with van der Waals surface area (Å²) in [7, 11) is 0. The molecular weight excluding hydrogens is 294 g/mol. The molecule has 0 unspecified atom stereocenters. The van der Waals surface area contributed by atoms with Crippen LogP contribution in [0.15, 0.2) is 33.4 Å². The van der Waals surface area contributed by atoms with Crippen LogP contribution in [0, 0.1) is 0 Å². The smallest absolute Gasteiger partial charge is 0.229 e. The lowest BCUT2D eigenvalue weighted by molar-refractivity contribution is 0.436. The standard InChI is InChI=1S/C13H14BrN3O/c14-11-7-9(10-8-16-18-13(10)15)3-4-12(11)17-5-1-2-6-17/h3-4,7-8H,1-2,5-6,15H2. The Balaban J connectivity index is 1.96. The molecule has 1 saturated heterocycles. The Labute approximate surface area is 114 Å². The van der Waals surface area contributed by atoms with Crippen LogP contribution in [0.5, 0.6) is 0 Å². The van der Waals surface area contributed by atoms with Crippen molar-refractivity contribution in [2.45, 2.75) is 12.8 Å². The maximum absolute atomic E-state index is 5.73. The summed E-state index contributed by atoms with van der Waals surface area (Å²) >= 11 is 3.63. The maximum atomic E-state index is 5.73. The number of halogens is 1. The third-order valence-electron chi connectivity index (χ3n) is 3.30. The minimum atomic E-state index is 0.357. The lowest BCUT2D eigenvalue weighted by atomic mass is 10.1. The quantitative estimate of drug-likeness (QED) is 0.925. The Morgan fingerprint density at radius 3 is 2.67 bits per heavy atom. The molecule has 94 valence electrons. The Hall–Kier alpha value is -1.49. The normalized spacial score (nSPS) is 15.3. The lowest BCUT2D eigenvalue weighted by Crippen LogP contribution is -2.17. The van der Waals surface area contributed by atoms with E-state index in [0.29, 0.717) is 5.88 Å². The molecule has 0 radical (unpaired) electrons. The van der Waals surface area contributed by atoms with Crippen LogP contribution >= 0.6 is 15.9 Å². The molecule has 3 rings (SSSR count). The molecule has 2 N–H and O–H groups in total. The van der Waals surface area contributed by atoms with Gasteiger partial charge < -0.3 is 15.2 Å². The van der Waals surface area contributed by atoms with E-state index < -0.39 is 0 Å². The molecule has 1 fully saturated rings. The van der Waals surface area contributed by atoms with E-state index in [1.165, 1.54) is 18.5 Å². The first-order valence-electron chi connectivity index (χ1n) is 6.01. The van der Waals surface area contributed by atoms with Gasteiger partial charge in [-0.3, -0.25) is 0 Å². The van der Waals surface area contributed by atoms with Crippen molar-refractivity contribution in [3.8, 4) is 11.1 Å². The summed E-state index contributed by atoms with van der Waals surface area (Å²) in [5, 5.41) is 3.70. The number of nitrogen functional groups attached to an aromatic ring is 1. The zero-order valence-corrected chi connectivity index (χ0v) is 11.5. The van der Waals surface area contributed by atoms with Crippen LogP contribution < -0.4 is 10.6 Å². The number of nitrogens with zero attached hydrogens (tertiary/aromatic N) is 2. The average Bonchev–Trinajstić information content (AvgIpc) is 2.99. The molecule has 1 aliphatic rings. The Morgan fingerprint density at radius 2 is 2.06 bits per heavy atom. The summed E-state index contributed by atoms with van der Waals surface area (Å²) in [6.07, 6.45) is 4.19. The summed E-state index contributed by atoms with van der Waals surface area (Å²) in [6.45, 7) is 2.26. The van der Waals surface area contributed by atoms with Crippen LogP contribution in [-0.4, -0.2) is 18.2 Å². The average molecular weight is 308 g/mol. The van der Waals surface area contributed by atoms with E-state index in [4.69, 9.17) is 10.3 Å². The third-order valence-corrected chi connectivity index (χ3v) is 3.94. The summed E-state index contributed by atoms with van der Waals surface area (Å²) in [6, 6.07) is 6.25. The SMILES string of the molecule is Nc1oncc1-c1ccc(N2CCCC2)c(Br)c1. The molecule has 1 aromatic heterocycles. The van der Waals surface area contributed by atoms with E-state index in [-0.39, 0.29) is 0 Å². The van der Waals surface area contributed by atoms with E-state index in [1.807, 2.05) is 0 Å². The van der Waals surface area contributed by atoms with Gasteiger partial charge in [0, 0.05) is 17.6 Å². The van der Waals surface area contributed by atoms with Crippen LogP contribution in [0.1, 0.15) is 12.8 Å². The van der Waals surface area contributed by atoms with Gasteiger partial charge in [0.25, 0.3) is 0 Å². The largest absolute Gasteiger partial charge is 0.371 e. The number of nitrogens with two attached hydrogens (primary N) is 1. The van der Waals surface area contributed by atoms with Gasteiger partial charge in [-0.1, -0.05) is 11.2 Å². The number of anilines is 2. The summed E-state index contributed by atoms with van der Waals surface area (Å²) in [5.41, 5.74) is 8.82. The molecule has 0 bridgehead atoms. The van der Waals surface area contributed by atoms with E-state index in [9.17, 15) is 0 Å². The van der Waals surface area contributed by atoms with Crippen molar-refractivity contribution in [1.82, 2.24) is 5.16 Å². The van der Waals surface area contributed by atoms with Gasteiger partial charge in [-0.25, -0.2) is 0 Å². The van der Waals surface area contributed by atoms with Crippen LogP contribution in [0.4, 0.5) is 11.6 Å². The highest BCUT2D eigenvalue weighted by atomic mass is 79.9. The van der Waals surface area contributed by atoms with Gasteiger partial charge in [0.2, 0.25) is 5.88 Å². The number of benzene rings is 1. The molecule has 2 heterocycles. The first-order valence-corrected chi connectivity index (χ1v) is 6.80. The third kappa shape index (κ3) is 1.99. The van der Waals surface area contributed by atoms with Crippen molar-refractivity contribution >= 4 is 27.5 Å². The second-order valence-electron chi connectivity index (χ2n) is 4.46. The first kappa shape index (κ1) is 11.6. The Morgan fingerprint density at radius 1 is 1.28 bits per heavy atom. The van der Waals surface area contributed by atoms with Crippen molar-refractivity contribution in [2.75, 3.05) is 23.7 Å². The molecule has 0 saturated carbocycles. The number of aromatic nitrogens is 1. The summed E-state index contributed by atoms with van der Waals surface area (Å²) in [4.78, 5) is 2.39. The predicted molar refractivity (Wildman–Crippen MR) is 75.5 cm³/mol. The van der Waals surface area contributed by atoms with Crippen LogP contribution in [-0.2, 0) is 0 Å². The van der Waals surface area contributed by atoms with E-state index in [1.54, 1.807) is 6.20 Å². The van der Waals surface area contributed by atoms with Gasteiger partial charge >= 0.3 is 0 Å². The number of hydrogen-bond donors (Lipinski definition) is 1. The van der Waals surface area contributed by atoms with Crippen LogP contribution in [0.2, 0.25) is 0 Å². The minimum Gasteiger partial charge on any atom is -0.371 e. The molecule has 4 nitrogen and oxygen atoms in total. The number of rotatable bonds is 2. The molecule has 0 atom stereocenters. The maximum Gasteiger partial charge on any atom is 0.229 e. The van der Waals surface area contributed by atoms with Crippen molar-refractivity contribution in [2.24, 2.45) is 0 Å². The van der Waals surface area contributed by atoms with Gasteiger partial charge in [0.1, 0.15) is 0 Å². The molecule has 0 aliphatic carbocycles. The highest BCUT2D eigenvalue weighted by molar-refractivity contribution is 9.10. The molecule has 1 aliphatic heterocycles. The topological polar surface area (TPSA) is 55.3 Å². The second kappa shape index (κ2) is 4.65. The molecule has 1 aromatic carbocycles. The zero-order valence-electron chi connectivity index (χ0n) is 9.90. The lowest BCUT2D eigenvalue weighted by Gasteiger charge is -2.19. The van der Waals surface area contributed by atoms with Crippen molar-refractivity contribution in [3.63, 3.8) is 0 Å². The van der Waals surface area contributed by atoms with Gasteiger partial charge in [-0.2, -0.15) is 0 Å². The highest BCUT2D eigenvalue weighted by Crippen LogP contribution is 2.34. The van der Waals surface area contributed by atoms with Crippen LogP contribution in [0.25, 0.3) is 11.1 Å². The van der Waals surface area contributed by atoms with Gasteiger partial charge in [-0.05, 0) is 46.5 Å². The fourth-order valence-electron chi connectivity index (χ4n) is 2.35. The summed E-state index contributed by atoms with van der Waals surface area (Å²) in [5.74, 6) is 0.357. The fraction of sp³-hybridized carbons (Fsp3) is 0.308. The zero-order chi connectivity index (χ0) is 12.5. The molecule has 0 amide bonds. The monoisotopic (exact) mass is 307 g/mol. The van der Waals surface area contributed by atoms with E-state index >= 15 is 0 Å². The Kier molecular flexibility index (Phi) is 2.99. The molecular formula is C13H14BrN3O. The molecule has 2 aromatic rings. The Bertz CT molecular complexity index is 561. The second-order valence-corrected chi connectivity index (χ2v) is 5.32. The molecule has 0 spiro atoms. The van der Waals surface area contributed by atoms with Crippen molar-refractivity contribution in [3.05, 3.63) is 28.9 Å². The highest BCUT2D eigenvalue weighted by Gasteiger charge is 2.16. The van der Waals surface area contributed by atoms with E-state index in [0.717, 1.165) is 28.7 Å². The predicted octanol–water partition coefficient (Wildman–Crippen LogP) is 3.29. The van der Waals surface area contributed by atoms with Gasteiger partial charge in [-0.15, -0.1) is 0 Å². The minimum absolute atomic E-state index is 0.357. The number of hydrogen-bond acceptors (Lipinski definition) is 4. The first-order chi connectivity index (χ1) is 8.75. The van der Waals surface area contributed by atoms with Crippen molar-refractivity contribution < 1.29 is 4.52 Å². The van der Waals surface area contributed by atoms with E-state index in [2.05, 4.69) is 44.2 Å². The summed E-state index contributed by atoms with van der Waals surface area (Å²) < 4.78 is 5.98. The molecule has 18 heavy (non-hydrogen) atoms. The molecule has 5 heteroatoms. The van der Waals surface area contributed by atoms with Crippen molar-refractivity contribution in [1.29, 1.82) is 0 Å². The van der Waals surface area contributed by atoms with Crippen LogP contribution in [0.3, 0.4) is 0 Å². The van der Waals surface area contributed by atoms with Gasteiger partial charge in [0.05, 0.1) is 17.4 Å². The fourth-order valence-corrected chi connectivity index (χ4v) is 2.98.